The molecule has 0 aliphatic heterocycles. The minimum absolute atomic E-state index is 0.114. The van der Waals surface area contributed by atoms with Crippen LogP contribution in [0.15, 0.2) is 24.8 Å². The van der Waals surface area contributed by atoms with Crippen molar-refractivity contribution in [2.45, 2.75) is 51.3 Å². The van der Waals surface area contributed by atoms with E-state index in [1.54, 1.807) is 4.57 Å². The van der Waals surface area contributed by atoms with E-state index in [0.717, 1.165) is 40.8 Å². The van der Waals surface area contributed by atoms with Crippen LogP contribution in [-0.2, 0) is 13.3 Å². The average molecular weight is 336 g/mol. The van der Waals surface area contributed by atoms with Crippen molar-refractivity contribution in [2.24, 2.45) is 0 Å². The van der Waals surface area contributed by atoms with Crippen molar-refractivity contribution >= 4 is 11.0 Å². The molecule has 0 spiro atoms. The quantitative estimate of drug-likeness (QED) is 0.773. The molecule has 7 heteroatoms. The molecule has 25 heavy (non-hydrogen) atoms. The number of rotatable bonds is 5. The van der Waals surface area contributed by atoms with Gasteiger partial charge < -0.3 is 9.67 Å². The van der Waals surface area contributed by atoms with Gasteiger partial charge in [-0.2, -0.15) is 10.4 Å². The van der Waals surface area contributed by atoms with Gasteiger partial charge in [-0.1, -0.05) is 12.8 Å². The Morgan fingerprint density at radius 2 is 2.12 bits per heavy atom. The lowest BCUT2D eigenvalue weighted by Crippen LogP contribution is -2.01. The molecular formula is C18H20N6O. The summed E-state index contributed by atoms with van der Waals surface area (Å²) in [7, 11) is 0. The zero-order valence-corrected chi connectivity index (χ0v) is 14.0. The summed E-state index contributed by atoms with van der Waals surface area (Å²) in [5, 5.41) is 24.0. The van der Waals surface area contributed by atoms with Gasteiger partial charge in [0.1, 0.15) is 18.7 Å². The summed E-state index contributed by atoms with van der Waals surface area (Å²) in [4.78, 5) is 8.83. The second-order valence-corrected chi connectivity index (χ2v) is 6.47. The van der Waals surface area contributed by atoms with E-state index < -0.39 is 0 Å². The Bertz CT molecular complexity index is 929. The number of hydrogen-bond donors (Lipinski definition) is 1. The first-order chi connectivity index (χ1) is 12.3. The van der Waals surface area contributed by atoms with E-state index >= 15 is 0 Å². The molecule has 128 valence electrons. The van der Waals surface area contributed by atoms with Crippen molar-refractivity contribution in [1.29, 1.82) is 5.26 Å². The van der Waals surface area contributed by atoms with Crippen molar-refractivity contribution in [1.82, 2.24) is 24.3 Å². The molecule has 7 nitrogen and oxygen atoms in total. The Morgan fingerprint density at radius 1 is 1.28 bits per heavy atom. The smallest absolute Gasteiger partial charge is 0.145 e. The summed E-state index contributed by atoms with van der Waals surface area (Å²) in [6, 6.07) is 4.11. The molecule has 1 aliphatic rings. The van der Waals surface area contributed by atoms with Crippen LogP contribution in [0.1, 0.15) is 43.7 Å². The zero-order chi connectivity index (χ0) is 17.2. The fourth-order valence-corrected chi connectivity index (χ4v) is 3.73. The van der Waals surface area contributed by atoms with Crippen LogP contribution in [0.25, 0.3) is 22.3 Å². The maximum atomic E-state index is 9.47. The molecule has 3 heterocycles. The number of aliphatic hydroxyl groups is 1. The predicted octanol–water partition coefficient (Wildman–Crippen LogP) is 2.82. The van der Waals surface area contributed by atoms with Gasteiger partial charge in [-0.3, -0.25) is 4.68 Å². The molecule has 0 amide bonds. The summed E-state index contributed by atoms with van der Waals surface area (Å²) < 4.78 is 3.55. The summed E-state index contributed by atoms with van der Waals surface area (Å²) in [5.41, 5.74) is 3.66. The largest absolute Gasteiger partial charge is 0.376 e. The van der Waals surface area contributed by atoms with Gasteiger partial charge in [0, 0.05) is 29.3 Å². The van der Waals surface area contributed by atoms with Crippen LogP contribution < -0.4 is 0 Å². The molecule has 3 aromatic rings. The summed E-state index contributed by atoms with van der Waals surface area (Å²) in [5.74, 6) is 0.447. The van der Waals surface area contributed by atoms with Gasteiger partial charge in [0.05, 0.1) is 30.4 Å². The first-order valence-corrected chi connectivity index (χ1v) is 8.67. The molecule has 1 aliphatic carbocycles. The number of hydrogen-bond acceptors (Lipinski definition) is 5. The molecule has 0 atom stereocenters. The maximum absolute atomic E-state index is 9.47. The topological polar surface area (TPSA) is 92.5 Å². The first-order valence-electron chi connectivity index (χ1n) is 8.67. The van der Waals surface area contributed by atoms with Crippen molar-refractivity contribution in [3.63, 3.8) is 0 Å². The van der Waals surface area contributed by atoms with Crippen LogP contribution in [0.5, 0.6) is 0 Å². The number of nitriles is 1. The predicted molar refractivity (Wildman–Crippen MR) is 92.4 cm³/mol. The normalized spacial score (nSPS) is 15.0. The third kappa shape index (κ3) is 2.79. The van der Waals surface area contributed by atoms with Gasteiger partial charge in [0.2, 0.25) is 0 Å². The highest BCUT2D eigenvalue weighted by atomic mass is 16.3. The highest BCUT2D eigenvalue weighted by molar-refractivity contribution is 5.91. The lowest BCUT2D eigenvalue weighted by molar-refractivity contribution is 0.215. The van der Waals surface area contributed by atoms with Crippen LogP contribution in [0.2, 0.25) is 0 Å². The monoisotopic (exact) mass is 336 g/mol. The zero-order valence-electron chi connectivity index (χ0n) is 14.0. The molecule has 0 bridgehead atoms. The molecule has 3 aromatic heterocycles. The summed E-state index contributed by atoms with van der Waals surface area (Å²) in [6.07, 6.45) is 10.5. The standard InChI is InChI=1S/C18H20N6O/c19-7-3-8-24-10-15(16(22-24)13-4-1-2-5-13)17-14-6-9-23(12-25)18(14)21-11-20-17/h6,9-11,13,25H,1-5,8,12H2. The number of aromatic nitrogens is 5. The van der Waals surface area contributed by atoms with Gasteiger partial charge >= 0.3 is 0 Å². The Morgan fingerprint density at radius 3 is 2.88 bits per heavy atom. The first kappa shape index (κ1) is 15.8. The van der Waals surface area contributed by atoms with Crippen LogP contribution in [0.4, 0.5) is 0 Å². The van der Waals surface area contributed by atoms with Crippen molar-refractivity contribution in [3.8, 4) is 17.3 Å². The summed E-state index contributed by atoms with van der Waals surface area (Å²) in [6.45, 7) is 0.471. The third-order valence-corrected chi connectivity index (χ3v) is 4.95. The Kier molecular flexibility index (Phi) is 4.20. The molecule has 1 N–H and O–H groups in total. The average Bonchev–Trinajstić information content (AvgIpc) is 3.37. The number of aryl methyl sites for hydroxylation is 1. The number of fused-ring (bicyclic) bond motifs is 1. The molecule has 1 fully saturated rings. The Labute approximate surface area is 145 Å². The van der Waals surface area contributed by atoms with Crippen molar-refractivity contribution < 1.29 is 5.11 Å². The SMILES string of the molecule is N#CCCn1cc(-c2ncnc3c2ccn3CO)c(C2CCCC2)n1. The van der Waals surface area contributed by atoms with Crippen LogP contribution in [0, 0.1) is 11.3 Å². The van der Waals surface area contributed by atoms with Gasteiger partial charge in [-0.15, -0.1) is 0 Å². The lowest BCUT2D eigenvalue weighted by atomic mass is 9.98. The fraction of sp³-hybridized carbons (Fsp3) is 0.444. The summed E-state index contributed by atoms with van der Waals surface area (Å²) >= 11 is 0. The van der Waals surface area contributed by atoms with Crippen LogP contribution >= 0.6 is 0 Å². The van der Waals surface area contributed by atoms with E-state index in [-0.39, 0.29) is 6.73 Å². The van der Waals surface area contributed by atoms with E-state index in [4.69, 9.17) is 10.4 Å². The molecule has 0 unspecified atom stereocenters. The minimum Gasteiger partial charge on any atom is -0.376 e. The van der Waals surface area contributed by atoms with Crippen LogP contribution in [0.3, 0.4) is 0 Å². The minimum atomic E-state index is -0.114. The Hall–Kier alpha value is -2.72. The molecule has 1 saturated carbocycles. The number of aliphatic hydroxyl groups excluding tert-OH is 1. The van der Waals surface area contributed by atoms with E-state index in [1.807, 2.05) is 23.1 Å². The van der Waals surface area contributed by atoms with Gasteiger partial charge in [0.15, 0.2) is 0 Å². The van der Waals surface area contributed by atoms with Gasteiger partial charge in [-0.25, -0.2) is 9.97 Å². The second kappa shape index (κ2) is 6.65. The third-order valence-electron chi connectivity index (χ3n) is 4.95. The van der Waals surface area contributed by atoms with Crippen LogP contribution in [-0.4, -0.2) is 29.4 Å². The maximum Gasteiger partial charge on any atom is 0.145 e. The van der Waals surface area contributed by atoms with Crippen molar-refractivity contribution in [3.05, 3.63) is 30.5 Å². The molecule has 4 rings (SSSR count). The van der Waals surface area contributed by atoms with E-state index in [1.165, 1.54) is 19.2 Å². The van der Waals surface area contributed by atoms with E-state index in [2.05, 4.69) is 16.0 Å². The van der Waals surface area contributed by atoms with Crippen molar-refractivity contribution in [2.75, 3.05) is 0 Å². The molecule has 0 saturated heterocycles. The van der Waals surface area contributed by atoms with E-state index in [9.17, 15) is 5.11 Å². The number of nitrogens with zero attached hydrogens (tertiary/aromatic N) is 6. The second-order valence-electron chi connectivity index (χ2n) is 6.47. The lowest BCUT2D eigenvalue weighted by Gasteiger charge is -2.09. The van der Waals surface area contributed by atoms with E-state index in [0.29, 0.717) is 18.9 Å². The Balaban J connectivity index is 1.85. The highest BCUT2D eigenvalue weighted by Crippen LogP contribution is 2.39. The van der Waals surface area contributed by atoms with Gasteiger partial charge in [0.25, 0.3) is 0 Å². The molecule has 0 radical (unpaired) electrons. The van der Waals surface area contributed by atoms with Gasteiger partial charge in [-0.05, 0) is 18.9 Å². The fourth-order valence-electron chi connectivity index (χ4n) is 3.73. The molecule has 0 aromatic carbocycles. The highest BCUT2D eigenvalue weighted by Gasteiger charge is 2.25. The molecular weight excluding hydrogens is 316 g/mol.